The summed E-state index contributed by atoms with van der Waals surface area (Å²) in [5.74, 6) is -0.559. The zero-order chi connectivity index (χ0) is 44.6. The van der Waals surface area contributed by atoms with Crippen LogP contribution in [0.5, 0.6) is 0 Å². The van der Waals surface area contributed by atoms with Crippen LogP contribution < -0.4 is 5.32 Å². The number of phosphoric ester groups is 1. The number of aliphatic hydroxyl groups is 1. The highest BCUT2D eigenvalue weighted by molar-refractivity contribution is 7.47. The van der Waals surface area contributed by atoms with Crippen molar-refractivity contribution in [3.8, 4) is 0 Å². The van der Waals surface area contributed by atoms with Crippen LogP contribution in [-0.2, 0) is 27.9 Å². The Bertz CT molecular complexity index is 1230. The molecule has 1 amide bonds. The highest BCUT2D eigenvalue weighted by atomic mass is 31.2. The van der Waals surface area contributed by atoms with Gasteiger partial charge in [0, 0.05) is 19.4 Å². The second-order valence-corrected chi connectivity index (χ2v) is 17.5. The molecule has 0 saturated heterocycles. The molecule has 9 nitrogen and oxygen atoms in total. The fourth-order valence-electron chi connectivity index (χ4n) is 6.50. The molecule has 0 saturated carbocycles. The summed E-state index contributed by atoms with van der Waals surface area (Å²) in [6.07, 6.45) is 58.4. The Morgan fingerprint density at radius 1 is 0.525 bits per heavy atom. The molecule has 0 heterocycles. The lowest BCUT2D eigenvalue weighted by atomic mass is 10.0. The SMILES string of the molecule is CC/C=C\C/C=C\C/C=C\C/C=C\C/C=C\C/C=C\CCCCC(=O)NCCOP(=O)(O)OCC(O)COC(=O)CCCCCCCCCCCCCCCCCCCCC. The molecule has 2 unspecified atom stereocenters. The first-order valence-electron chi connectivity index (χ1n) is 24.4. The highest BCUT2D eigenvalue weighted by Crippen LogP contribution is 2.42. The number of ether oxygens (including phenoxy) is 1. The smallest absolute Gasteiger partial charge is 0.463 e. The summed E-state index contributed by atoms with van der Waals surface area (Å²) in [6, 6.07) is 0. The number of esters is 1. The molecule has 0 aromatic rings. The van der Waals surface area contributed by atoms with Crippen molar-refractivity contribution in [2.75, 3.05) is 26.4 Å². The fraction of sp³-hybridized carbons (Fsp3) is 0.725. The first-order chi connectivity index (χ1) is 29.8. The maximum atomic E-state index is 12.1. The summed E-state index contributed by atoms with van der Waals surface area (Å²) >= 11 is 0. The molecule has 2 atom stereocenters. The third-order valence-corrected chi connectivity index (χ3v) is 11.1. The average Bonchev–Trinajstić information content (AvgIpc) is 3.25. The molecule has 0 aromatic carbocycles. The molecule has 0 aliphatic rings. The van der Waals surface area contributed by atoms with Crippen LogP contribution in [0.3, 0.4) is 0 Å². The number of rotatable bonds is 45. The Hall–Kier alpha value is -2.55. The molecule has 3 N–H and O–H groups in total. The first-order valence-corrected chi connectivity index (χ1v) is 25.9. The number of allylic oxidation sites excluding steroid dienone is 12. The van der Waals surface area contributed by atoms with Crippen LogP contribution in [0.15, 0.2) is 72.9 Å². The molecule has 0 aliphatic carbocycles. The molecule has 0 aliphatic heterocycles. The van der Waals surface area contributed by atoms with Crippen molar-refractivity contribution >= 4 is 19.7 Å². The topological polar surface area (TPSA) is 131 Å². The zero-order valence-electron chi connectivity index (χ0n) is 38.8. The molecular weight excluding hydrogens is 786 g/mol. The average molecular weight is 876 g/mol. The van der Waals surface area contributed by atoms with Crippen LogP contribution >= 0.6 is 7.82 Å². The van der Waals surface area contributed by atoms with E-state index in [0.29, 0.717) is 6.42 Å². The van der Waals surface area contributed by atoms with E-state index in [1.54, 1.807) is 0 Å². The van der Waals surface area contributed by atoms with Gasteiger partial charge in [0.25, 0.3) is 0 Å². The zero-order valence-corrected chi connectivity index (χ0v) is 39.7. The van der Waals surface area contributed by atoms with Gasteiger partial charge in [-0.05, 0) is 64.2 Å². The maximum absolute atomic E-state index is 12.1. The molecule has 0 aromatic heterocycles. The number of nitrogens with one attached hydrogen (secondary N) is 1. The second-order valence-electron chi connectivity index (χ2n) is 16.1. The standard InChI is InChI=1S/C51H90NO8P/c1-3-5-7-9-11-13-15-17-19-21-23-24-26-27-29-31-33-35-37-39-41-43-50(54)52-45-46-59-61(56,57)60-48-49(53)47-58-51(55)44-42-40-38-36-34-32-30-28-25-22-20-18-16-14-12-10-8-6-4-2/h5,7,11,13,17,19,23-24,27,29,33,35,49,53H,3-4,6,8-10,12,14-16,18,20-22,25-26,28,30-32,34,36-48H2,1-2H3,(H,52,54)(H,56,57)/b7-5-,13-11-,19-17-,24-23-,29-27-,35-33-. The lowest BCUT2D eigenvalue weighted by molar-refractivity contribution is -0.147. The molecule has 352 valence electrons. The van der Waals surface area contributed by atoms with E-state index in [1.807, 2.05) is 0 Å². The van der Waals surface area contributed by atoms with Crippen LogP contribution in [0.25, 0.3) is 0 Å². The second kappa shape index (κ2) is 46.9. The van der Waals surface area contributed by atoms with Crippen molar-refractivity contribution in [2.45, 2.75) is 213 Å². The molecular formula is C51H90NO8P. The van der Waals surface area contributed by atoms with Gasteiger partial charge in [0.05, 0.1) is 13.2 Å². The molecule has 0 bridgehead atoms. The largest absolute Gasteiger partial charge is 0.472 e. The van der Waals surface area contributed by atoms with Crippen LogP contribution in [0, 0.1) is 0 Å². The number of aliphatic hydroxyl groups excluding tert-OH is 1. The first kappa shape index (κ1) is 58.5. The number of carbonyl (C=O) groups is 2. The van der Waals surface area contributed by atoms with Gasteiger partial charge in [-0.1, -0.05) is 202 Å². The minimum Gasteiger partial charge on any atom is -0.463 e. The van der Waals surface area contributed by atoms with Gasteiger partial charge in [-0.15, -0.1) is 0 Å². The summed E-state index contributed by atoms with van der Waals surface area (Å²) in [6.45, 7) is 3.40. The van der Waals surface area contributed by atoms with E-state index in [9.17, 15) is 24.2 Å². The van der Waals surface area contributed by atoms with Gasteiger partial charge >= 0.3 is 13.8 Å². The van der Waals surface area contributed by atoms with Gasteiger partial charge in [0.2, 0.25) is 5.91 Å². The highest BCUT2D eigenvalue weighted by Gasteiger charge is 2.23. The predicted molar refractivity (Wildman–Crippen MR) is 256 cm³/mol. The van der Waals surface area contributed by atoms with Gasteiger partial charge in [-0.25, -0.2) is 4.57 Å². The quantitative estimate of drug-likeness (QED) is 0.0239. The van der Waals surface area contributed by atoms with E-state index >= 15 is 0 Å². The number of phosphoric acid groups is 1. The normalized spacial score (nSPS) is 13.8. The van der Waals surface area contributed by atoms with Gasteiger partial charge in [-0.2, -0.15) is 0 Å². The monoisotopic (exact) mass is 876 g/mol. The van der Waals surface area contributed by atoms with E-state index in [4.69, 9.17) is 13.8 Å². The van der Waals surface area contributed by atoms with Gasteiger partial charge in [0.15, 0.2) is 0 Å². The van der Waals surface area contributed by atoms with E-state index in [0.717, 1.165) is 77.0 Å². The predicted octanol–water partition coefficient (Wildman–Crippen LogP) is 14.2. The van der Waals surface area contributed by atoms with Crippen LogP contribution in [0.2, 0.25) is 0 Å². The molecule has 0 spiro atoms. The third kappa shape index (κ3) is 48.3. The molecule has 0 rings (SSSR count). The van der Waals surface area contributed by atoms with Gasteiger partial charge in [-0.3, -0.25) is 18.6 Å². The van der Waals surface area contributed by atoms with Crippen LogP contribution in [0.4, 0.5) is 0 Å². The molecule has 0 radical (unpaired) electrons. The van der Waals surface area contributed by atoms with Crippen molar-refractivity contribution in [2.24, 2.45) is 0 Å². The number of carbonyl (C=O) groups excluding carboxylic acids is 2. The fourth-order valence-corrected chi connectivity index (χ4v) is 7.26. The van der Waals surface area contributed by atoms with E-state index in [1.165, 1.54) is 103 Å². The summed E-state index contributed by atoms with van der Waals surface area (Å²) in [5, 5.41) is 12.7. The van der Waals surface area contributed by atoms with Gasteiger partial charge in [0.1, 0.15) is 12.7 Å². The number of unbranched alkanes of at least 4 members (excludes halogenated alkanes) is 20. The number of hydrogen-bond acceptors (Lipinski definition) is 7. The Kier molecular flexibility index (Phi) is 45.0. The number of hydrogen-bond donors (Lipinski definition) is 3. The van der Waals surface area contributed by atoms with E-state index in [2.05, 4.69) is 92.1 Å². The van der Waals surface area contributed by atoms with Crippen molar-refractivity contribution in [1.29, 1.82) is 0 Å². The summed E-state index contributed by atoms with van der Waals surface area (Å²) in [5.41, 5.74) is 0. The summed E-state index contributed by atoms with van der Waals surface area (Å²) in [7, 11) is -4.44. The summed E-state index contributed by atoms with van der Waals surface area (Å²) < 4.78 is 26.9. The molecule has 61 heavy (non-hydrogen) atoms. The minimum atomic E-state index is -4.44. The van der Waals surface area contributed by atoms with E-state index < -0.39 is 26.5 Å². The van der Waals surface area contributed by atoms with Crippen molar-refractivity contribution in [3.63, 3.8) is 0 Å². The van der Waals surface area contributed by atoms with Crippen LogP contribution in [0.1, 0.15) is 206 Å². The third-order valence-electron chi connectivity index (χ3n) is 10.2. The Labute approximate surface area is 373 Å². The Morgan fingerprint density at radius 3 is 1.39 bits per heavy atom. The van der Waals surface area contributed by atoms with Crippen molar-refractivity contribution in [3.05, 3.63) is 72.9 Å². The summed E-state index contributed by atoms with van der Waals surface area (Å²) in [4.78, 5) is 34.0. The Morgan fingerprint density at radius 2 is 0.934 bits per heavy atom. The number of amides is 1. The van der Waals surface area contributed by atoms with Gasteiger partial charge < -0.3 is 20.1 Å². The Balaban J connectivity index is 3.64. The van der Waals surface area contributed by atoms with E-state index in [-0.39, 0.29) is 32.1 Å². The lowest BCUT2D eigenvalue weighted by Crippen LogP contribution is -2.27. The van der Waals surface area contributed by atoms with Crippen molar-refractivity contribution in [1.82, 2.24) is 5.32 Å². The maximum Gasteiger partial charge on any atom is 0.472 e. The lowest BCUT2D eigenvalue weighted by Gasteiger charge is -2.15. The molecule has 10 heteroatoms. The van der Waals surface area contributed by atoms with Crippen molar-refractivity contribution < 1.29 is 37.9 Å². The molecule has 0 fully saturated rings. The van der Waals surface area contributed by atoms with Crippen LogP contribution in [-0.4, -0.2) is 54.3 Å². The minimum absolute atomic E-state index is 0.0551.